The molecule has 19 heavy (non-hydrogen) atoms. The smallest absolute Gasteiger partial charge is 0.121 e. The van der Waals surface area contributed by atoms with Crippen LogP contribution in [0.25, 0.3) is 22.2 Å². The molecule has 1 heterocycles. The summed E-state index contributed by atoms with van der Waals surface area (Å²) in [5, 5.41) is 0. The predicted octanol–water partition coefficient (Wildman–Crippen LogP) is 2.70. The van der Waals surface area contributed by atoms with E-state index < -0.39 is 0 Å². The number of imidazole rings is 1. The maximum atomic E-state index is 5.63. The maximum absolute atomic E-state index is 5.63. The van der Waals surface area contributed by atoms with E-state index in [0.29, 0.717) is 6.54 Å². The van der Waals surface area contributed by atoms with Crippen LogP contribution in [-0.2, 0) is 6.54 Å². The molecule has 3 aromatic rings. The van der Waals surface area contributed by atoms with E-state index in [1.54, 1.807) is 7.11 Å². The number of benzene rings is 2. The average molecular weight is 253 g/mol. The molecular weight excluding hydrogens is 238 g/mol. The van der Waals surface area contributed by atoms with Crippen molar-refractivity contribution in [2.75, 3.05) is 7.11 Å². The summed E-state index contributed by atoms with van der Waals surface area (Å²) in [4.78, 5) is 7.76. The van der Waals surface area contributed by atoms with Gasteiger partial charge < -0.3 is 15.5 Å². The molecule has 96 valence electrons. The zero-order valence-electron chi connectivity index (χ0n) is 10.7. The lowest BCUT2D eigenvalue weighted by molar-refractivity contribution is 0.415. The lowest BCUT2D eigenvalue weighted by atomic mass is 10.0. The van der Waals surface area contributed by atoms with E-state index >= 15 is 0 Å². The number of nitrogens with two attached hydrogens (primary N) is 1. The highest BCUT2D eigenvalue weighted by molar-refractivity contribution is 5.92. The molecule has 3 N–H and O–H groups in total. The molecule has 4 nitrogen and oxygen atoms in total. The van der Waals surface area contributed by atoms with Crippen LogP contribution in [0.5, 0.6) is 5.75 Å². The van der Waals surface area contributed by atoms with Gasteiger partial charge in [-0.2, -0.15) is 0 Å². The van der Waals surface area contributed by atoms with Gasteiger partial charge in [0.2, 0.25) is 0 Å². The minimum atomic E-state index is 0.413. The van der Waals surface area contributed by atoms with Crippen molar-refractivity contribution in [2.24, 2.45) is 5.73 Å². The molecule has 3 rings (SSSR count). The highest BCUT2D eigenvalue weighted by Gasteiger charge is 2.08. The van der Waals surface area contributed by atoms with Crippen LogP contribution in [0, 0.1) is 0 Å². The normalized spacial score (nSPS) is 10.8. The first-order valence-electron chi connectivity index (χ1n) is 6.14. The first-order valence-corrected chi connectivity index (χ1v) is 6.14. The zero-order valence-corrected chi connectivity index (χ0v) is 10.7. The molecule has 0 atom stereocenters. The van der Waals surface area contributed by atoms with Crippen LogP contribution in [-0.4, -0.2) is 17.1 Å². The summed E-state index contributed by atoms with van der Waals surface area (Å²) in [6, 6.07) is 14.0. The minimum absolute atomic E-state index is 0.413. The van der Waals surface area contributed by atoms with Crippen molar-refractivity contribution in [1.82, 2.24) is 9.97 Å². The van der Waals surface area contributed by atoms with Crippen molar-refractivity contribution < 1.29 is 4.74 Å². The Morgan fingerprint density at radius 1 is 1.16 bits per heavy atom. The Labute approximate surface area is 111 Å². The fourth-order valence-corrected chi connectivity index (χ4v) is 2.18. The molecule has 0 aliphatic rings. The first kappa shape index (κ1) is 11.7. The van der Waals surface area contributed by atoms with E-state index in [-0.39, 0.29) is 0 Å². The summed E-state index contributed by atoms with van der Waals surface area (Å²) in [5.74, 6) is 1.65. The summed E-state index contributed by atoms with van der Waals surface area (Å²) < 4.78 is 5.18. The molecule has 2 aromatic carbocycles. The van der Waals surface area contributed by atoms with Crippen molar-refractivity contribution >= 4 is 11.0 Å². The number of hydrogen-bond donors (Lipinski definition) is 2. The number of nitrogens with zero attached hydrogens (tertiary/aromatic N) is 1. The van der Waals surface area contributed by atoms with Crippen LogP contribution in [0.3, 0.4) is 0 Å². The predicted molar refractivity (Wildman–Crippen MR) is 76.0 cm³/mol. The number of aromatic nitrogens is 2. The molecule has 0 unspecified atom stereocenters. The molecule has 0 saturated heterocycles. The number of rotatable bonds is 3. The molecule has 0 fully saturated rings. The number of nitrogens with one attached hydrogen (secondary N) is 1. The largest absolute Gasteiger partial charge is 0.497 e. The second kappa shape index (κ2) is 4.74. The summed E-state index contributed by atoms with van der Waals surface area (Å²) in [5.41, 5.74) is 9.80. The number of ether oxygens (including phenoxy) is 1. The third-order valence-electron chi connectivity index (χ3n) is 3.16. The molecule has 0 saturated carbocycles. The molecular formula is C15H15N3O. The van der Waals surface area contributed by atoms with Crippen molar-refractivity contribution in [1.29, 1.82) is 0 Å². The minimum Gasteiger partial charge on any atom is -0.497 e. The third kappa shape index (κ3) is 2.06. The average Bonchev–Trinajstić information content (AvgIpc) is 2.90. The first-order chi connectivity index (χ1) is 9.31. The van der Waals surface area contributed by atoms with E-state index in [4.69, 9.17) is 10.5 Å². The Balaban J connectivity index is 2.15. The van der Waals surface area contributed by atoms with E-state index in [9.17, 15) is 0 Å². The molecule has 0 bridgehead atoms. The molecule has 0 radical (unpaired) electrons. The van der Waals surface area contributed by atoms with Gasteiger partial charge in [0.1, 0.15) is 11.6 Å². The van der Waals surface area contributed by atoms with Gasteiger partial charge in [0.05, 0.1) is 24.7 Å². The van der Waals surface area contributed by atoms with Crippen molar-refractivity contribution in [3.63, 3.8) is 0 Å². The number of aromatic amines is 1. The van der Waals surface area contributed by atoms with Crippen LogP contribution < -0.4 is 10.5 Å². The van der Waals surface area contributed by atoms with Gasteiger partial charge in [-0.25, -0.2) is 4.98 Å². The van der Waals surface area contributed by atoms with Crippen LogP contribution >= 0.6 is 0 Å². The van der Waals surface area contributed by atoms with Gasteiger partial charge in [-0.3, -0.25) is 0 Å². The monoisotopic (exact) mass is 253 g/mol. The fourth-order valence-electron chi connectivity index (χ4n) is 2.18. The Morgan fingerprint density at radius 2 is 1.95 bits per heavy atom. The Morgan fingerprint density at radius 3 is 2.63 bits per heavy atom. The van der Waals surface area contributed by atoms with E-state index in [1.165, 1.54) is 0 Å². The highest BCUT2D eigenvalue weighted by Crippen LogP contribution is 2.28. The topological polar surface area (TPSA) is 63.9 Å². The number of H-pyrrole nitrogens is 1. The fraction of sp³-hybridized carbons (Fsp3) is 0.133. The summed E-state index contributed by atoms with van der Waals surface area (Å²) >= 11 is 0. The van der Waals surface area contributed by atoms with Gasteiger partial charge in [-0.15, -0.1) is 0 Å². The number of para-hydroxylation sites is 1. The van der Waals surface area contributed by atoms with Crippen molar-refractivity contribution in [3.05, 3.63) is 48.3 Å². The maximum Gasteiger partial charge on any atom is 0.121 e. The zero-order chi connectivity index (χ0) is 13.2. The van der Waals surface area contributed by atoms with E-state index in [0.717, 1.165) is 33.7 Å². The van der Waals surface area contributed by atoms with Crippen LogP contribution in [0.1, 0.15) is 5.82 Å². The summed E-state index contributed by atoms with van der Waals surface area (Å²) in [6.45, 7) is 0.413. The van der Waals surface area contributed by atoms with Crippen molar-refractivity contribution in [2.45, 2.75) is 6.54 Å². The quantitative estimate of drug-likeness (QED) is 0.754. The third-order valence-corrected chi connectivity index (χ3v) is 3.16. The molecule has 1 aromatic heterocycles. The molecule has 0 aliphatic heterocycles. The van der Waals surface area contributed by atoms with Crippen LogP contribution in [0.2, 0.25) is 0 Å². The molecule has 0 amide bonds. The number of hydrogen-bond acceptors (Lipinski definition) is 3. The van der Waals surface area contributed by atoms with Crippen molar-refractivity contribution in [3.8, 4) is 16.9 Å². The van der Waals surface area contributed by atoms with Gasteiger partial charge in [-0.1, -0.05) is 24.3 Å². The van der Waals surface area contributed by atoms with Gasteiger partial charge in [-0.05, 0) is 23.8 Å². The van der Waals surface area contributed by atoms with E-state index in [1.807, 2.05) is 36.4 Å². The lowest BCUT2D eigenvalue weighted by Gasteiger charge is -2.04. The van der Waals surface area contributed by atoms with E-state index in [2.05, 4.69) is 16.0 Å². The van der Waals surface area contributed by atoms with Gasteiger partial charge >= 0.3 is 0 Å². The summed E-state index contributed by atoms with van der Waals surface area (Å²) in [7, 11) is 1.66. The summed E-state index contributed by atoms with van der Waals surface area (Å²) in [6.07, 6.45) is 0. The lowest BCUT2D eigenvalue weighted by Crippen LogP contribution is -1.97. The van der Waals surface area contributed by atoms with Gasteiger partial charge in [0.15, 0.2) is 0 Å². The Hall–Kier alpha value is -2.33. The molecule has 0 spiro atoms. The number of methoxy groups -OCH3 is 1. The number of fused-ring (bicyclic) bond motifs is 1. The standard InChI is InChI=1S/C15H15N3O/c1-19-11-7-5-10(6-8-11)12-3-2-4-13-15(12)18-14(9-16)17-13/h2-8H,9,16H2,1H3,(H,17,18). The SMILES string of the molecule is COc1ccc(-c2cccc3[nH]c(CN)nc23)cc1. The van der Waals surface area contributed by atoms with Crippen LogP contribution in [0.4, 0.5) is 0 Å². The van der Waals surface area contributed by atoms with Gasteiger partial charge in [0, 0.05) is 5.56 Å². The highest BCUT2D eigenvalue weighted by atomic mass is 16.5. The second-order valence-corrected chi connectivity index (χ2v) is 4.32. The van der Waals surface area contributed by atoms with Crippen LogP contribution in [0.15, 0.2) is 42.5 Å². The molecule has 4 heteroatoms. The Kier molecular flexibility index (Phi) is 2.93. The van der Waals surface area contributed by atoms with Gasteiger partial charge in [0.25, 0.3) is 0 Å². The Bertz CT molecular complexity index is 701. The molecule has 0 aliphatic carbocycles. The second-order valence-electron chi connectivity index (χ2n) is 4.32.